The fourth-order valence-electron chi connectivity index (χ4n) is 0.956. The summed E-state index contributed by atoms with van der Waals surface area (Å²) in [5, 5.41) is 11.5. The van der Waals surface area contributed by atoms with Crippen molar-refractivity contribution in [1.29, 1.82) is 0 Å². The second-order valence-corrected chi connectivity index (χ2v) is 3.79. The highest BCUT2D eigenvalue weighted by Crippen LogP contribution is 2.06. The summed E-state index contributed by atoms with van der Waals surface area (Å²) in [4.78, 5) is 10.6. The third-order valence-corrected chi connectivity index (χ3v) is 2.37. The molecule has 14 heavy (non-hydrogen) atoms. The van der Waals surface area contributed by atoms with Crippen LogP contribution in [0.1, 0.15) is 27.2 Å². The lowest BCUT2D eigenvalue weighted by molar-refractivity contribution is -0.140. The Kier molecular flexibility index (Phi) is 6.49. The third kappa shape index (κ3) is 5.19. The van der Waals surface area contributed by atoms with Crippen LogP contribution in [0.4, 0.5) is 0 Å². The van der Waals surface area contributed by atoms with Gasteiger partial charge in [0.1, 0.15) is 6.04 Å². The molecule has 0 fully saturated rings. The molecule has 0 aromatic rings. The molecule has 2 atom stereocenters. The Labute approximate surface area is 85.6 Å². The van der Waals surface area contributed by atoms with E-state index in [4.69, 9.17) is 9.84 Å². The van der Waals surface area contributed by atoms with Crippen molar-refractivity contribution in [2.75, 3.05) is 13.7 Å². The summed E-state index contributed by atoms with van der Waals surface area (Å²) >= 11 is 0. The number of hydrogen-bond donors (Lipinski definition) is 2. The number of hydrogen-bond acceptors (Lipinski definition) is 3. The van der Waals surface area contributed by atoms with Crippen LogP contribution in [0.2, 0.25) is 0 Å². The van der Waals surface area contributed by atoms with Crippen molar-refractivity contribution in [3.05, 3.63) is 0 Å². The second-order valence-electron chi connectivity index (χ2n) is 3.79. The highest BCUT2D eigenvalue weighted by atomic mass is 16.5. The number of rotatable bonds is 7. The van der Waals surface area contributed by atoms with Crippen molar-refractivity contribution < 1.29 is 14.6 Å². The standard InChI is InChI=1S/C10H21NO3/c1-7(2)8(3)14-6-5-9(11-4)10(12)13/h7-9,11H,5-6H2,1-4H3,(H,12,13). The number of carboxylic acid groups (broad SMARTS) is 1. The zero-order chi connectivity index (χ0) is 11.1. The predicted octanol–water partition coefficient (Wildman–Crippen LogP) is 1.11. The molecular formula is C10H21NO3. The number of likely N-dealkylation sites (N-methyl/N-ethyl adjacent to an activating group) is 1. The fraction of sp³-hybridized carbons (Fsp3) is 0.900. The maximum Gasteiger partial charge on any atom is 0.320 e. The lowest BCUT2D eigenvalue weighted by Gasteiger charge is -2.18. The zero-order valence-corrected chi connectivity index (χ0v) is 9.41. The average molecular weight is 203 g/mol. The maximum absolute atomic E-state index is 10.6. The van der Waals surface area contributed by atoms with E-state index in [0.29, 0.717) is 18.9 Å². The van der Waals surface area contributed by atoms with Gasteiger partial charge in [-0.05, 0) is 26.3 Å². The number of carbonyl (C=O) groups is 1. The molecular weight excluding hydrogens is 182 g/mol. The van der Waals surface area contributed by atoms with Gasteiger partial charge < -0.3 is 15.2 Å². The molecule has 0 aliphatic rings. The Morgan fingerprint density at radius 1 is 1.43 bits per heavy atom. The molecule has 2 N–H and O–H groups in total. The molecule has 0 aliphatic carbocycles. The molecule has 0 aliphatic heterocycles. The van der Waals surface area contributed by atoms with Crippen molar-refractivity contribution >= 4 is 5.97 Å². The normalized spacial score (nSPS) is 15.5. The first-order valence-electron chi connectivity index (χ1n) is 5.00. The first-order valence-corrected chi connectivity index (χ1v) is 5.00. The van der Waals surface area contributed by atoms with Crippen LogP contribution in [0, 0.1) is 5.92 Å². The summed E-state index contributed by atoms with van der Waals surface area (Å²) in [5.74, 6) is -0.360. The molecule has 0 spiro atoms. The first kappa shape index (κ1) is 13.4. The molecule has 0 rings (SSSR count). The third-order valence-electron chi connectivity index (χ3n) is 2.37. The van der Waals surface area contributed by atoms with E-state index in [1.807, 2.05) is 6.92 Å². The van der Waals surface area contributed by atoms with Gasteiger partial charge in [-0.1, -0.05) is 13.8 Å². The van der Waals surface area contributed by atoms with Crippen LogP contribution in [0.3, 0.4) is 0 Å². The molecule has 4 heteroatoms. The molecule has 0 aromatic carbocycles. The van der Waals surface area contributed by atoms with Crippen LogP contribution in [-0.2, 0) is 9.53 Å². The van der Waals surface area contributed by atoms with Crippen molar-refractivity contribution in [2.45, 2.75) is 39.3 Å². The summed E-state index contributed by atoms with van der Waals surface area (Å²) in [6, 6.07) is -0.505. The van der Waals surface area contributed by atoms with E-state index in [2.05, 4.69) is 19.2 Å². The van der Waals surface area contributed by atoms with E-state index in [1.165, 1.54) is 0 Å². The minimum Gasteiger partial charge on any atom is -0.480 e. The highest BCUT2D eigenvalue weighted by molar-refractivity contribution is 5.73. The highest BCUT2D eigenvalue weighted by Gasteiger charge is 2.15. The Morgan fingerprint density at radius 2 is 2.00 bits per heavy atom. The Balaban J connectivity index is 3.66. The summed E-state index contributed by atoms with van der Waals surface area (Å²) in [7, 11) is 1.64. The van der Waals surface area contributed by atoms with Crippen LogP contribution in [0.15, 0.2) is 0 Å². The van der Waals surface area contributed by atoms with Gasteiger partial charge in [0, 0.05) is 6.61 Å². The molecule has 0 heterocycles. The Bertz CT molecular complexity index is 171. The van der Waals surface area contributed by atoms with Crippen LogP contribution in [0.5, 0.6) is 0 Å². The number of ether oxygens (including phenoxy) is 1. The SMILES string of the molecule is CNC(CCOC(C)C(C)C)C(=O)O. The number of aliphatic carboxylic acids is 1. The van der Waals surface area contributed by atoms with Gasteiger partial charge in [0.05, 0.1) is 6.10 Å². The van der Waals surface area contributed by atoms with Crippen LogP contribution in [-0.4, -0.2) is 36.9 Å². The molecule has 0 amide bonds. The molecule has 0 saturated carbocycles. The molecule has 0 bridgehead atoms. The summed E-state index contributed by atoms with van der Waals surface area (Å²) in [5.41, 5.74) is 0. The van der Waals surface area contributed by atoms with Gasteiger partial charge in [-0.2, -0.15) is 0 Å². The first-order chi connectivity index (χ1) is 6.49. The zero-order valence-electron chi connectivity index (χ0n) is 9.41. The summed E-state index contributed by atoms with van der Waals surface area (Å²) in [6.45, 7) is 6.64. The van der Waals surface area contributed by atoms with Crippen LogP contribution in [0.25, 0.3) is 0 Å². The van der Waals surface area contributed by atoms with E-state index >= 15 is 0 Å². The number of carboxylic acids is 1. The van der Waals surface area contributed by atoms with Crippen molar-refractivity contribution in [3.63, 3.8) is 0 Å². The molecule has 2 unspecified atom stereocenters. The molecule has 84 valence electrons. The fourth-order valence-corrected chi connectivity index (χ4v) is 0.956. The van der Waals surface area contributed by atoms with Gasteiger partial charge >= 0.3 is 5.97 Å². The average Bonchev–Trinajstić information content (AvgIpc) is 2.11. The van der Waals surface area contributed by atoms with E-state index < -0.39 is 12.0 Å². The summed E-state index contributed by atoms with van der Waals surface area (Å²) < 4.78 is 5.48. The lowest BCUT2D eigenvalue weighted by Crippen LogP contribution is -2.35. The van der Waals surface area contributed by atoms with E-state index in [0.717, 1.165) is 0 Å². The van der Waals surface area contributed by atoms with E-state index in [9.17, 15) is 4.79 Å². The van der Waals surface area contributed by atoms with Gasteiger partial charge in [-0.25, -0.2) is 0 Å². The van der Waals surface area contributed by atoms with E-state index in [-0.39, 0.29) is 6.10 Å². The molecule has 4 nitrogen and oxygen atoms in total. The Morgan fingerprint density at radius 3 is 2.36 bits per heavy atom. The maximum atomic E-state index is 10.6. The largest absolute Gasteiger partial charge is 0.480 e. The van der Waals surface area contributed by atoms with Gasteiger partial charge in [-0.15, -0.1) is 0 Å². The molecule has 0 radical (unpaired) electrons. The summed E-state index contributed by atoms with van der Waals surface area (Å²) in [6.07, 6.45) is 0.685. The van der Waals surface area contributed by atoms with E-state index in [1.54, 1.807) is 7.05 Å². The van der Waals surface area contributed by atoms with Gasteiger partial charge in [0.15, 0.2) is 0 Å². The second kappa shape index (κ2) is 6.79. The topological polar surface area (TPSA) is 58.6 Å². The van der Waals surface area contributed by atoms with Gasteiger partial charge in [-0.3, -0.25) is 4.79 Å². The number of nitrogens with one attached hydrogen (secondary N) is 1. The quantitative estimate of drug-likeness (QED) is 0.650. The van der Waals surface area contributed by atoms with Crippen LogP contribution >= 0.6 is 0 Å². The van der Waals surface area contributed by atoms with Crippen molar-refractivity contribution in [3.8, 4) is 0 Å². The van der Waals surface area contributed by atoms with Crippen molar-refractivity contribution in [2.24, 2.45) is 5.92 Å². The monoisotopic (exact) mass is 203 g/mol. The Hall–Kier alpha value is -0.610. The lowest BCUT2D eigenvalue weighted by atomic mass is 10.1. The smallest absolute Gasteiger partial charge is 0.320 e. The minimum atomic E-state index is -0.826. The van der Waals surface area contributed by atoms with Gasteiger partial charge in [0.2, 0.25) is 0 Å². The van der Waals surface area contributed by atoms with Crippen molar-refractivity contribution in [1.82, 2.24) is 5.32 Å². The minimum absolute atomic E-state index is 0.182. The molecule has 0 saturated heterocycles. The van der Waals surface area contributed by atoms with Crippen LogP contribution < -0.4 is 5.32 Å². The van der Waals surface area contributed by atoms with Gasteiger partial charge in [0.25, 0.3) is 0 Å². The predicted molar refractivity (Wildman–Crippen MR) is 55.4 cm³/mol. The molecule has 0 aromatic heterocycles.